The van der Waals surface area contributed by atoms with Crippen LogP contribution in [0.1, 0.15) is 50.6 Å². The van der Waals surface area contributed by atoms with E-state index in [0.29, 0.717) is 0 Å². The molecule has 6 aromatic rings. The minimum Gasteiger partial charge on any atom is -0.780 e. The Bertz CT molecular complexity index is 3540. The van der Waals surface area contributed by atoms with Gasteiger partial charge in [0.25, 0.3) is 5.56 Å². The van der Waals surface area contributed by atoms with E-state index in [0.717, 1.165) is 9.13 Å². The molecular formula is C38H46N16O18P3S3-3. The Kier molecular flexibility index (Phi) is 16.4. The molecule has 11 N–H and O–H groups in total. The molecule has 0 amide bonds. The first-order valence-corrected chi connectivity index (χ1v) is 30.9. The molecule has 422 valence electrons. The molecule has 10 rings (SSSR count). The first kappa shape index (κ1) is 56.5. The van der Waals surface area contributed by atoms with E-state index < -0.39 is 137 Å². The van der Waals surface area contributed by atoms with Crippen molar-refractivity contribution in [2.24, 2.45) is 0 Å². The lowest BCUT2D eigenvalue weighted by Gasteiger charge is -2.35. The van der Waals surface area contributed by atoms with Crippen LogP contribution in [0.15, 0.2) is 57.9 Å². The number of H-pyrrole nitrogens is 1. The first-order valence-electron chi connectivity index (χ1n) is 23.2. The van der Waals surface area contributed by atoms with Gasteiger partial charge in [-0.1, -0.05) is 23.6 Å². The van der Waals surface area contributed by atoms with Crippen molar-refractivity contribution in [3.63, 3.8) is 0 Å². The molecule has 4 aliphatic heterocycles. The van der Waals surface area contributed by atoms with Crippen LogP contribution in [0.3, 0.4) is 0 Å². The van der Waals surface area contributed by atoms with Gasteiger partial charge in [-0.3, -0.25) is 32.6 Å². The van der Waals surface area contributed by atoms with Crippen molar-refractivity contribution in [1.82, 2.24) is 58.1 Å². The van der Waals surface area contributed by atoms with E-state index in [1.807, 2.05) is 0 Å². The standard InChI is InChI=1S/C38H49N16O18P3S3/c39-24-1-3-51(37(58)47-24)26-5-16(56)21(67-26)10-63-73(60,76)72-19-8-28(53-14-45-30-32(41)43-13-44-33(30)53)69-23(19)12-65-75(62,78)71-18-7-27(52-4-2-25(40)48-38(52)59)68-22(18)11-64-74(61,77)70-17-6-29(66-20(17)9-55)54-15-46-31-34(54)49-36(42)50-35(31)57/h1-4,13-23,26-29,55-56H,5-12H2,(H,60,76)(H,61,77)(H,62,78)(H2,39,47,58)(H2,40,48,59)(H2,41,43,44)(H3,42,49,50,57)/p-3. The van der Waals surface area contributed by atoms with Gasteiger partial charge in [0.15, 0.2) is 29.4 Å². The number of rotatable bonds is 20. The van der Waals surface area contributed by atoms with Gasteiger partial charge in [0.2, 0.25) is 5.95 Å². The maximum Gasteiger partial charge on any atom is 0.351 e. The highest BCUT2D eigenvalue weighted by molar-refractivity contribution is 8.32. The van der Waals surface area contributed by atoms with Crippen LogP contribution in [-0.4, -0.2) is 144 Å². The average Bonchev–Trinajstić information content (AvgIpc) is 4.29. The van der Waals surface area contributed by atoms with Crippen LogP contribution in [0.25, 0.3) is 22.3 Å². The fraction of sp³-hybridized carbons (Fsp3) is 0.526. The smallest absolute Gasteiger partial charge is 0.351 e. The molecule has 0 bridgehead atoms. The summed E-state index contributed by atoms with van der Waals surface area (Å²) in [6.45, 7) is -16.3. The van der Waals surface area contributed by atoms with Gasteiger partial charge in [0, 0.05) is 38.1 Å². The Morgan fingerprint density at radius 2 is 1.15 bits per heavy atom. The Hall–Kier alpha value is -4.82. The fourth-order valence-electron chi connectivity index (χ4n) is 9.05. The third kappa shape index (κ3) is 12.4. The highest BCUT2D eigenvalue weighted by atomic mass is 32.7. The number of hydrogen-bond donors (Lipinski definition) is 7. The number of nitrogens with two attached hydrogens (primary N) is 4. The molecule has 6 aromatic heterocycles. The highest BCUT2D eigenvalue weighted by Crippen LogP contribution is 2.53. The van der Waals surface area contributed by atoms with Gasteiger partial charge < -0.3 is 101 Å². The number of aromatic nitrogens is 12. The van der Waals surface area contributed by atoms with Crippen molar-refractivity contribution in [1.29, 1.82) is 0 Å². The number of fused-ring (bicyclic) bond motifs is 2. The molecule has 4 saturated heterocycles. The van der Waals surface area contributed by atoms with E-state index in [1.54, 1.807) is 0 Å². The van der Waals surface area contributed by atoms with Gasteiger partial charge >= 0.3 is 11.4 Å². The molecule has 0 aromatic carbocycles. The molecule has 0 radical (unpaired) electrons. The summed E-state index contributed by atoms with van der Waals surface area (Å²) in [5, 5.41) is 21.0. The van der Waals surface area contributed by atoms with Crippen LogP contribution in [0.5, 0.6) is 0 Å². The summed E-state index contributed by atoms with van der Waals surface area (Å²) in [5.74, 6) is -0.241. The average molecular weight is 1200 g/mol. The Labute approximate surface area is 452 Å². The van der Waals surface area contributed by atoms with E-state index in [2.05, 4.69) is 39.9 Å². The predicted octanol–water partition coefficient (Wildman–Crippen LogP) is -2.66. The topological polar surface area (TPSA) is 477 Å². The van der Waals surface area contributed by atoms with Gasteiger partial charge in [-0.15, -0.1) is 0 Å². The van der Waals surface area contributed by atoms with Crippen molar-refractivity contribution >= 4 is 102 Å². The van der Waals surface area contributed by atoms with Crippen LogP contribution in [0.4, 0.5) is 23.4 Å². The Balaban J connectivity index is 0.822. The maximum atomic E-state index is 14.2. The third-order valence-electron chi connectivity index (χ3n) is 12.7. The second-order valence-corrected chi connectivity index (χ2v) is 25.9. The molecule has 0 aliphatic carbocycles. The number of nitrogens with one attached hydrogen (secondary N) is 1. The largest absolute Gasteiger partial charge is 0.780 e. The minimum atomic E-state index is -4.69. The summed E-state index contributed by atoms with van der Waals surface area (Å²) in [7, 11) is 0. The number of aliphatic hydroxyl groups excluding tert-OH is 2. The van der Waals surface area contributed by atoms with E-state index in [1.165, 1.54) is 52.6 Å². The number of anilines is 4. The van der Waals surface area contributed by atoms with E-state index in [9.17, 15) is 38.9 Å². The van der Waals surface area contributed by atoms with Crippen LogP contribution >= 0.6 is 20.2 Å². The SMILES string of the molecule is Nc1ccn(C2CC(O)C(COP([O-])(=S)OC3CC(n4cnc5c(N)ncnc54)OC3COP(=O)([S-])OC3CC(n4ccc(N)nc4=O)OC3COP([O-])(=S)OC3CC(n4cnc5c(=O)[nH]c(N)nc54)OC3CO)O2)c(=O)n1. The number of ether oxygens (including phenoxy) is 4. The van der Waals surface area contributed by atoms with Crippen molar-refractivity contribution < 1.29 is 70.7 Å². The molecule has 4 fully saturated rings. The summed E-state index contributed by atoms with van der Waals surface area (Å²) in [5.41, 5.74) is 21.4. The van der Waals surface area contributed by atoms with E-state index in [4.69, 9.17) is 105 Å². The molecule has 40 heteroatoms. The lowest BCUT2D eigenvalue weighted by atomic mass is 10.2. The van der Waals surface area contributed by atoms with Crippen LogP contribution in [-0.2, 0) is 86.5 Å². The normalized spacial score (nSPS) is 29.8. The number of nitrogens with zero attached hydrogens (tertiary/aromatic N) is 11. The van der Waals surface area contributed by atoms with Gasteiger partial charge in [-0.25, -0.2) is 29.5 Å². The molecule has 34 nitrogen and oxygen atoms in total. The molecule has 78 heavy (non-hydrogen) atoms. The number of nitrogen functional groups attached to an aromatic ring is 4. The third-order valence-corrected chi connectivity index (χ3v) is 17.4. The fourth-order valence-corrected chi connectivity index (χ4v) is 13.4. The van der Waals surface area contributed by atoms with Crippen molar-refractivity contribution in [2.45, 2.75) is 99.4 Å². The predicted molar refractivity (Wildman–Crippen MR) is 271 cm³/mol. The maximum absolute atomic E-state index is 14.2. The van der Waals surface area contributed by atoms with Gasteiger partial charge in [-0.05, 0) is 12.1 Å². The number of imidazole rings is 2. The Morgan fingerprint density at radius 3 is 1.74 bits per heavy atom. The molecular weight excluding hydrogens is 1160 g/mol. The second-order valence-electron chi connectivity index (χ2n) is 17.8. The summed E-state index contributed by atoms with van der Waals surface area (Å²) in [6.07, 6.45) is -7.97. The van der Waals surface area contributed by atoms with Crippen molar-refractivity contribution in [2.75, 3.05) is 49.4 Å². The second kappa shape index (κ2) is 22.6. The molecule has 0 saturated carbocycles. The number of aliphatic hydroxyl groups is 2. The zero-order valence-corrected chi connectivity index (χ0v) is 45.0. The van der Waals surface area contributed by atoms with Gasteiger partial charge in [0.1, 0.15) is 86.2 Å². The van der Waals surface area contributed by atoms with Crippen molar-refractivity contribution in [3.05, 3.63) is 74.8 Å². The number of hydrogen-bond acceptors (Lipinski definition) is 32. The molecule has 4 aliphatic rings. The number of aromatic amines is 1. The molecule has 15 unspecified atom stereocenters. The zero-order chi connectivity index (χ0) is 55.4. The zero-order valence-electron chi connectivity index (χ0n) is 39.8. The minimum absolute atomic E-state index is 0.0185. The lowest BCUT2D eigenvalue weighted by Crippen LogP contribution is -2.33. The monoisotopic (exact) mass is 1200 g/mol. The quantitative estimate of drug-likeness (QED) is 0.0303. The van der Waals surface area contributed by atoms with Crippen LogP contribution in [0, 0.1) is 0 Å². The van der Waals surface area contributed by atoms with Gasteiger partial charge in [0.05, 0.1) is 63.5 Å². The van der Waals surface area contributed by atoms with Crippen LogP contribution in [0.2, 0.25) is 0 Å². The lowest BCUT2D eigenvalue weighted by molar-refractivity contribution is -0.216. The van der Waals surface area contributed by atoms with Crippen molar-refractivity contribution in [3.8, 4) is 0 Å². The van der Waals surface area contributed by atoms with Crippen LogP contribution < -0.4 is 49.7 Å². The van der Waals surface area contributed by atoms with Gasteiger partial charge in [-0.2, -0.15) is 15.0 Å². The van der Waals surface area contributed by atoms with E-state index >= 15 is 0 Å². The molecule has 15 atom stereocenters. The molecule has 0 spiro atoms. The summed E-state index contributed by atoms with van der Waals surface area (Å²) in [6, 6.07) is 2.69. The summed E-state index contributed by atoms with van der Waals surface area (Å²) < 4.78 is 77.8. The first-order chi connectivity index (χ1) is 37.0. The summed E-state index contributed by atoms with van der Waals surface area (Å²) >= 11 is 15.9. The highest BCUT2D eigenvalue weighted by Gasteiger charge is 2.45. The van der Waals surface area contributed by atoms with E-state index in [-0.39, 0.29) is 71.4 Å². The molecule has 10 heterocycles. The summed E-state index contributed by atoms with van der Waals surface area (Å²) in [4.78, 5) is 95.9. The Morgan fingerprint density at radius 1 is 0.667 bits per heavy atom.